The Bertz CT molecular complexity index is 796. The summed E-state index contributed by atoms with van der Waals surface area (Å²) in [6.07, 6.45) is 2.27. The van der Waals surface area contributed by atoms with Crippen LogP contribution in [0.15, 0.2) is 29.3 Å². The zero-order chi connectivity index (χ0) is 19.3. The molecule has 156 valence electrons. The second-order valence-corrected chi connectivity index (χ2v) is 9.39. The lowest BCUT2D eigenvalue weighted by Gasteiger charge is -2.16. The van der Waals surface area contributed by atoms with Crippen LogP contribution in [-0.4, -0.2) is 51.4 Å². The third-order valence-electron chi connectivity index (χ3n) is 4.97. The Morgan fingerprint density at radius 2 is 2.00 bits per heavy atom. The molecule has 1 aromatic rings. The summed E-state index contributed by atoms with van der Waals surface area (Å²) in [6.45, 7) is 4.67. The first-order valence-electron chi connectivity index (χ1n) is 9.59. The number of nitrogens with one attached hydrogen (secondary N) is 2. The Hall–Kier alpha value is -1.36. The van der Waals surface area contributed by atoms with E-state index in [1.165, 1.54) is 0 Å². The van der Waals surface area contributed by atoms with Crippen LogP contribution in [0.3, 0.4) is 0 Å². The normalized spacial score (nSPS) is 21.5. The number of hydrogen-bond donors (Lipinski definition) is 2. The summed E-state index contributed by atoms with van der Waals surface area (Å²) in [5, 5.41) is 6.45. The number of guanidine groups is 1. The highest BCUT2D eigenvalue weighted by Crippen LogP contribution is 2.22. The number of carbonyl (C=O) groups excluding carboxylic acids is 1. The van der Waals surface area contributed by atoms with Crippen LogP contribution in [0.4, 0.5) is 5.69 Å². The van der Waals surface area contributed by atoms with Crippen LogP contribution >= 0.6 is 24.0 Å². The third-order valence-corrected chi connectivity index (χ3v) is 6.81. The fourth-order valence-corrected chi connectivity index (χ4v) is 5.35. The SMILES string of the molecule is CCNC(=NCc1ccc(N2CCCC2=O)cc1)NCC1CCS(=O)(=O)C1.I. The van der Waals surface area contributed by atoms with E-state index in [1.807, 2.05) is 36.1 Å². The third kappa shape index (κ3) is 6.33. The summed E-state index contributed by atoms with van der Waals surface area (Å²) >= 11 is 0. The number of carbonyl (C=O) groups is 1. The molecule has 1 amide bonds. The molecule has 0 bridgehead atoms. The van der Waals surface area contributed by atoms with Gasteiger partial charge in [-0.2, -0.15) is 0 Å². The average molecular weight is 520 g/mol. The first-order chi connectivity index (χ1) is 13.0. The average Bonchev–Trinajstić information content (AvgIpc) is 3.23. The molecule has 0 aromatic heterocycles. The van der Waals surface area contributed by atoms with Crippen molar-refractivity contribution in [2.45, 2.75) is 32.7 Å². The van der Waals surface area contributed by atoms with Crippen LogP contribution in [0.1, 0.15) is 31.7 Å². The standard InChI is InChI=1S/C19H28N4O3S.HI/c1-2-20-19(22-13-16-9-11-27(25,26)14-16)21-12-15-5-7-17(8-6-15)23-10-3-4-18(23)24;/h5-8,16H,2-4,9-14H2,1H3,(H2,20,21,22);1H. The topological polar surface area (TPSA) is 90.9 Å². The molecule has 0 spiro atoms. The Morgan fingerprint density at radius 3 is 2.57 bits per heavy atom. The van der Waals surface area contributed by atoms with Gasteiger partial charge in [0.2, 0.25) is 5.91 Å². The van der Waals surface area contributed by atoms with Gasteiger partial charge in [-0.15, -0.1) is 24.0 Å². The van der Waals surface area contributed by atoms with Gasteiger partial charge in [0.05, 0.1) is 18.1 Å². The second-order valence-electron chi connectivity index (χ2n) is 7.16. The number of hydrogen-bond acceptors (Lipinski definition) is 4. The van der Waals surface area contributed by atoms with E-state index in [-0.39, 0.29) is 41.6 Å². The predicted molar refractivity (Wildman–Crippen MR) is 123 cm³/mol. The van der Waals surface area contributed by atoms with Crippen molar-refractivity contribution >= 4 is 51.4 Å². The number of rotatable bonds is 6. The van der Waals surface area contributed by atoms with Crippen molar-refractivity contribution in [3.05, 3.63) is 29.8 Å². The summed E-state index contributed by atoms with van der Waals surface area (Å²) in [5.74, 6) is 1.58. The molecule has 1 unspecified atom stereocenters. The minimum absolute atomic E-state index is 0. The molecule has 0 radical (unpaired) electrons. The fraction of sp³-hybridized carbons (Fsp3) is 0.579. The van der Waals surface area contributed by atoms with E-state index < -0.39 is 9.84 Å². The Kier molecular flexibility index (Phi) is 8.54. The highest BCUT2D eigenvalue weighted by atomic mass is 127. The van der Waals surface area contributed by atoms with Gasteiger partial charge in [0, 0.05) is 31.7 Å². The van der Waals surface area contributed by atoms with E-state index in [4.69, 9.17) is 0 Å². The van der Waals surface area contributed by atoms with Crippen molar-refractivity contribution < 1.29 is 13.2 Å². The summed E-state index contributed by atoms with van der Waals surface area (Å²) < 4.78 is 23.1. The van der Waals surface area contributed by atoms with Crippen molar-refractivity contribution in [3.63, 3.8) is 0 Å². The quantitative estimate of drug-likeness (QED) is 0.340. The van der Waals surface area contributed by atoms with Gasteiger partial charge in [0.25, 0.3) is 0 Å². The van der Waals surface area contributed by atoms with Gasteiger partial charge in [-0.1, -0.05) is 12.1 Å². The van der Waals surface area contributed by atoms with Gasteiger partial charge in [0.1, 0.15) is 0 Å². The van der Waals surface area contributed by atoms with E-state index >= 15 is 0 Å². The van der Waals surface area contributed by atoms with Crippen molar-refractivity contribution in [3.8, 4) is 0 Å². The van der Waals surface area contributed by atoms with Gasteiger partial charge in [-0.3, -0.25) is 4.79 Å². The van der Waals surface area contributed by atoms with E-state index in [9.17, 15) is 13.2 Å². The van der Waals surface area contributed by atoms with Crippen LogP contribution in [0, 0.1) is 5.92 Å². The molecular weight excluding hydrogens is 491 g/mol. The van der Waals surface area contributed by atoms with E-state index in [0.29, 0.717) is 37.6 Å². The van der Waals surface area contributed by atoms with Crippen LogP contribution < -0.4 is 15.5 Å². The molecule has 1 aromatic carbocycles. The minimum atomic E-state index is -2.85. The number of sulfone groups is 1. The van der Waals surface area contributed by atoms with E-state index in [0.717, 1.165) is 30.8 Å². The zero-order valence-electron chi connectivity index (χ0n) is 16.2. The summed E-state index contributed by atoms with van der Waals surface area (Å²) in [5.41, 5.74) is 2.00. The number of nitrogens with zero attached hydrogens (tertiary/aromatic N) is 2. The fourth-order valence-electron chi connectivity index (χ4n) is 3.49. The Balaban J connectivity index is 0.00000280. The van der Waals surface area contributed by atoms with E-state index in [2.05, 4.69) is 15.6 Å². The predicted octanol–water partition coefficient (Wildman–Crippen LogP) is 1.92. The zero-order valence-corrected chi connectivity index (χ0v) is 19.3. The van der Waals surface area contributed by atoms with E-state index in [1.54, 1.807) is 0 Å². The summed E-state index contributed by atoms with van der Waals surface area (Å²) in [4.78, 5) is 18.2. The van der Waals surface area contributed by atoms with Crippen molar-refractivity contribution in [2.75, 3.05) is 36.0 Å². The lowest BCUT2D eigenvalue weighted by Crippen LogP contribution is -2.40. The number of benzene rings is 1. The van der Waals surface area contributed by atoms with Crippen molar-refractivity contribution in [1.29, 1.82) is 0 Å². The maximum absolute atomic E-state index is 11.8. The highest BCUT2D eigenvalue weighted by Gasteiger charge is 2.27. The number of halogens is 1. The maximum Gasteiger partial charge on any atom is 0.227 e. The molecule has 9 heteroatoms. The molecule has 2 N–H and O–H groups in total. The van der Waals surface area contributed by atoms with Crippen LogP contribution in [0.5, 0.6) is 0 Å². The van der Waals surface area contributed by atoms with Gasteiger partial charge < -0.3 is 15.5 Å². The van der Waals surface area contributed by atoms with Gasteiger partial charge >= 0.3 is 0 Å². The van der Waals surface area contributed by atoms with Gasteiger partial charge in [-0.05, 0) is 43.4 Å². The Labute approximate surface area is 184 Å². The molecule has 2 fully saturated rings. The Morgan fingerprint density at radius 1 is 1.25 bits per heavy atom. The molecule has 0 saturated carbocycles. The molecule has 2 aliphatic heterocycles. The number of anilines is 1. The molecule has 3 rings (SSSR count). The molecule has 1 atom stereocenters. The molecular formula is C19H29IN4O3S. The van der Waals surface area contributed by atoms with Gasteiger partial charge in [-0.25, -0.2) is 13.4 Å². The van der Waals surface area contributed by atoms with Crippen LogP contribution in [-0.2, 0) is 21.2 Å². The van der Waals surface area contributed by atoms with Gasteiger partial charge in [0.15, 0.2) is 15.8 Å². The molecule has 2 saturated heterocycles. The first-order valence-corrected chi connectivity index (χ1v) is 11.4. The minimum Gasteiger partial charge on any atom is -0.357 e. The summed E-state index contributed by atoms with van der Waals surface area (Å²) in [6, 6.07) is 7.94. The highest BCUT2D eigenvalue weighted by molar-refractivity contribution is 14.0. The second kappa shape index (κ2) is 10.4. The summed E-state index contributed by atoms with van der Waals surface area (Å²) in [7, 11) is -2.85. The monoisotopic (exact) mass is 520 g/mol. The van der Waals surface area contributed by atoms with Crippen molar-refractivity contribution in [1.82, 2.24) is 10.6 Å². The molecule has 2 heterocycles. The van der Waals surface area contributed by atoms with Crippen LogP contribution in [0.25, 0.3) is 0 Å². The lowest BCUT2D eigenvalue weighted by atomic mass is 10.1. The number of aliphatic imine (C=N–C) groups is 1. The lowest BCUT2D eigenvalue weighted by molar-refractivity contribution is -0.117. The largest absolute Gasteiger partial charge is 0.357 e. The smallest absolute Gasteiger partial charge is 0.227 e. The van der Waals surface area contributed by atoms with Crippen LogP contribution in [0.2, 0.25) is 0 Å². The first kappa shape index (κ1) is 22.9. The molecule has 7 nitrogen and oxygen atoms in total. The molecule has 2 aliphatic rings. The molecule has 0 aliphatic carbocycles. The maximum atomic E-state index is 11.8. The van der Waals surface area contributed by atoms with Crippen molar-refractivity contribution in [2.24, 2.45) is 10.9 Å². The number of amides is 1. The molecule has 28 heavy (non-hydrogen) atoms.